The molecule has 132 valence electrons. The topological polar surface area (TPSA) is 58.4 Å². The minimum absolute atomic E-state index is 0. The van der Waals surface area contributed by atoms with E-state index in [9.17, 15) is 4.79 Å². The summed E-state index contributed by atoms with van der Waals surface area (Å²) < 4.78 is 0. The number of nitrogens with zero attached hydrogens (tertiary/aromatic N) is 1. The molecule has 7 heteroatoms. The van der Waals surface area contributed by atoms with Gasteiger partial charge in [-0.2, -0.15) is 0 Å². The van der Waals surface area contributed by atoms with Gasteiger partial charge in [0, 0.05) is 31.1 Å². The smallest absolute Gasteiger partial charge is 0.241 e. The summed E-state index contributed by atoms with van der Waals surface area (Å²) in [4.78, 5) is 16.0. The van der Waals surface area contributed by atoms with E-state index in [-0.39, 0.29) is 30.7 Å². The van der Waals surface area contributed by atoms with Gasteiger partial charge in [0.1, 0.15) is 6.04 Å². The van der Waals surface area contributed by atoms with Crippen molar-refractivity contribution in [1.82, 2.24) is 10.2 Å². The Kier molecular flexibility index (Phi) is 8.73. The molecule has 0 spiro atoms. The van der Waals surface area contributed by atoms with Crippen molar-refractivity contribution in [1.29, 1.82) is 0 Å². The standard InChI is InChI=1S/C17H21N3OS.2ClH/c18-16(13-4-2-1-3-5-13)17(21)19-8-10-20-9-6-15-14(12-20)7-11-22-15;;/h1-5,7,11,16H,6,8-10,12,18H2,(H,19,21);2*1H. The van der Waals surface area contributed by atoms with Gasteiger partial charge in [0.2, 0.25) is 5.91 Å². The summed E-state index contributed by atoms with van der Waals surface area (Å²) in [5.74, 6) is -0.112. The molecule has 3 N–H and O–H groups in total. The van der Waals surface area contributed by atoms with Gasteiger partial charge in [-0.05, 0) is 29.0 Å². The van der Waals surface area contributed by atoms with Crippen molar-refractivity contribution < 1.29 is 4.79 Å². The molecule has 2 heterocycles. The van der Waals surface area contributed by atoms with E-state index >= 15 is 0 Å². The van der Waals surface area contributed by atoms with Crippen molar-refractivity contribution in [3.05, 3.63) is 57.8 Å². The van der Waals surface area contributed by atoms with Crippen LogP contribution in [-0.4, -0.2) is 30.4 Å². The van der Waals surface area contributed by atoms with Crippen LogP contribution in [0.3, 0.4) is 0 Å². The zero-order chi connectivity index (χ0) is 15.4. The molecule has 0 aliphatic carbocycles. The number of halogens is 2. The highest BCUT2D eigenvalue weighted by molar-refractivity contribution is 7.10. The summed E-state index contributed by atoms with van der Waals surface area (Å²) in [6.45, 7) is 3.55. The van der Waals surface area contributed by atoms with E-state index in [4.69, 9.17) is 5.73 Å². The number of amides is 1. The molecule has 0 fully saturated rings. The van der Waals surface area contributed by atoms with Gasteiger partial charge in [-0.3, -0.25) is 9.69 Å². The van der Waals surface area contributed by atoms with Crippen molar-refractivity contribution in [3.8, 4) is 0 Å². The number of nitrogens with two attached hydrogens (primary N) is 1. The molecule has 0 saturated carbocycles. The number of carbonyl (C=O) groups is 1. The Hall–Kier alpha value is -1.11. The minimum Gasteiger partial charge on any atom is -0.353 e. The second-order valence-electron chi connectivity index (χ2n) is 5.57. The minimum atomic E-state index is -0.592. The number of nitrogens with one attached hydrogen (secondary N) is 1. The second-order valence-corrected chi connectivity index (χ2v) is 6.58. The first kappa shape index (κ1) is 20.9. The molecule has 1 aromatic carbocycles. The van der Waals surface area contributed by atoms with Crippen molar-refractivity contribution in [2.45, 2.75) is 19.0 Å². The molecule has 1 aliphatic rings. The monoisotopic (exact) mass is 387 g/mol. The van der Waals surface area contributed by atoms with Crippen molar-refractivity contribution in [2.75, 3.05) is 19.6 Å². The fraction of sp³-hybridized carbons (Fsp3) is 0.353. The molecule has 1 aliphatic heterocycles. The highest BCUT2D eigenvalue weighted by Gasteiger charge is 2.18. The Bertz CT molecular complexity index is 636. The van der Waals surface area contributed by atoms with Gasteiger partial charge >= 0.3 is 0 Å². The van der Waals surface area contributed by atoms with Crippen LogP contribution in [0, 0.1) is 0 Å². The van der Waals surface area contributed by atoms with Crippen LogP contribution in [0.4, 0.5) is 0 Å². The Balaban J connectivity index is 0.00000144. The van der Waals surface area contributed by atoms with Gasteiger partial charge in [0.25, 0.3) is 0 Å². The maximum Gasteiger partial charge on any atom is 0.241 e. The van der Waals surface area contributed by atoms with E-state index in [0.29, 0.717) is 6.54 Å². The van der Waals surface area contributed by atoms with Gasteiger partial charge in [0.15, 0.2) is 0 Å². The summed E-state index contributed by atoms with van der Waals surface area (Å²) in [5.41, 5.74) is 8.26. The van der Waals surface area contributed by atoms with Crippen molar-refractivity contribution in [3.63, 3.8) is 0 Å². The molecule has 0 radical (unpaired) electrons. The SMILES string of the molecule is Cl.Cl.NC(C(=O)NCCN1CCc2sccc2C1)c1ccccc1. The molecule has 3 rings (SSSR count). The largest absolute Gasteiger partial charge is 0.353 e. The van der Waals surface area contributed by atoms with Crippen molar-refractivity contribution >= 4 is 42.1 Å². The maximum atomic E-state index is 12.1. The van der Waals surface area contributed by atoms with Crippen LogP contribution in [-0.2, 0) is 17.8 Å². The number of rotatable bonds is 5. The van der Waals surface area contributed by atoms with Gasteiger partial charge in [-0.1, -0.05) is 30.3 Å². The first-order valence-corrected chi connectivity index (χ1v) is 8.48. The van der Waals surface area contributed by atoms with Gasteiger partial charge < -0.3 is 11.1 Å². The number of carbonyl (C=O) groups excluding carboxylic acids is 1. The van der Waals surface area contributed by atoms with Gasteiger partial charge in [-0.15, -0.1) is 36.2 Å². The average Bonchev–Trinajstić information content (AvgIpc) is 3.02. The van der Waals surface area contributed by atoms with Crippen LogP contribution < -0.4 is 11.1 Å². The van der Waals surface area contributed by atoms with Crippen LogP contribution in [0.25, 0.3) is 0 Å². The molecule has 0 bridgehead atoms. The molecular formula is C17H23Cl2N3OS. The average molecular weight is 388 g/mol. The highest BCUT2D eigenvalue weighted by Crippen LogP contribution is 2.23. The first-order chi connectivity index (χ1) is 10.7. The number of hydrogen-bond acceptors (Lipinski definition) is 4. The fourth-order valence-corrected chi connectivity index (χ4v) is 3.65. The predicted molar refractivity (Wildman–Crippen MR) is 104 cm³/mol. The summed E-state index contributed by atoms with van der Waals surface area (Å²) in [6, 6.07) is 11.1. The second kappa shape index (κ2) is 10.0. The van der Waals surface area contributed by atoms with Gasteiger partial charge in [-0.25, -0.2) is 0 Å². The Labute approximate surface area is 159 Å². The molecule has 2 aromatic rings. The number of thiophene rings is 1. The lowest BCUT2D eigenvalue weighted by molar-refractivity contribution is -0.122. The van der Waals surface area contributed by atoms with E-state index in [0.717, 1.165) is 31.6 Å². The fourth-order valence-electron chi connectivity index (χ4n) is 2.76. The molecule has 1 unspecified atom stereocenters. The zero-order valence-electron chi connectivity index (χ0n) is 13.3. The Morgan fingerprint density at radius 2 is 2.00 bits per heavy atom. The van der Waals surface area contributed by atoms with E-state index < -0.39 is 6.04 Å². The number of hydrogen-bond donors (Lipinski definition) is 2. The first-order valence-electron chi connectivity index (χ1n) is 7.60. The molecule has 24 heavy (non-hydrogen) atoms. The normalized spacial score (nSPS) is 14.7. The van der Waals surface area contributed by atoms with E-state index in [1.165, 1.54) is 10.4 Å². The van der Waals surface area contributed by atoms with E-state index in [2.05, 4.69) is 21.7 Å². The molecule has 1 aromatic heterocycles. The number of fused-ring (bicyclic) bond motifs is 1. The van der Waals surface area contributed by atoms with Gasteiger partial charge in [0.05, 0.1) is 0 Å². The lowest BCUT2D eigenvalue weighted by atomic mass is 10.1. The maximum absolute atomic E-state index is 12.1. The molecule has 0 saturated heterocycles. The van der Waals surface area contributed by atoms with E-state index in [1.54, 1.807) is 0 Å². The third kappa shape index (κ3) is 5.19. The molecule has 4 nitrogen and oxygen atoms in total. The summed E-state index contributed by atoms with van der Waals surface area (Å²) >= 11 is 1.84. The summed E-state index contributed by atoms with van der Waals surface area (Å²) in [7, 11) is 0. The molecular weight excluding hydrogens is 365 g/mol. The Morgan fingerprint density at radius 3 is 2.75 bits per heavy atom. The van der Waals surface area contributed by atoms with Crippen LogP contribution >= 0.6 is 36.2 Å². The van der Waals surface area contributed by atoms with Crippen LogP contribution in [0.15, 0.2) is 41.8 Å². The van der Waals surface area contributed by atoms with E-state index in [1.807, 2.05) is 41.7 Å². The molecule has 1 amide bonds. The lowest BCUT2D eigenvalue weighted by Crippen LogP contribution is -2.40. The Morgan fingerprint density at radius 1 is 1.25 bits per heavy atom. The zero-order valence-corrected chi connectivity index (χ0v) is 15.8. The lowest BCUT2D eigenvalue weighted by Gasteiger charge is -2.27. The quantitative estimate of drug-likeness (QED) is 0.828. The van der Waals surface area contributed by atoms with Crippen LogP contribution in [0.1, 0.15) is 22.0 Å². The third-order valence-corrected chi connectivity index (χ3v) is 5.08. The summed E-state index contributed by atoms with van der Waals surface area (Å²) in [5, 5.41) is 5.10. The third-order valence-electron chi connectivity index (χ3n) is 4.06. The summed E-state index contributed by atoms with van der Waals surface area (Å²) in [6.07, 6.45) is 1.12. The molecule has 1 atom stereocenters. The van der Waals surface area contributed by atoms with Crippen LogP contribution in [0.5, 0.6) is 0 Å². The highest BCUT2D eigenvalue weighted by atomic mass is 35.5. The van der Waals surface area contributed by atoms with Crippen molar-refractivity contribution in [2.24, 2.45) is 5.73 Å². The number of benzene rings is 1. The predicted octanol–water partition coefficient (Wildman–Crippen LogP) is 2.77. The van der Waals surface area contributed by atoms with Crippen LogP contribution in [0.2, 0.25) is 0 Å².